The third kappa shape index (κ3) is 3.72. The van der Waals surface area contributed by atoms with Crippen molar-refractivity contribution in [2.24, 2.45) is 0 Å². The summed E-state index contributed by atoms with van der Waals surface area (Å²) in [6.45, 7) is 4.71. The van der Waals surface area contributed by atoms with Crippen molar-refractivity contribution in [3.05, 3.63) is 81.9 Å². The van der Waals surface area contributed by atoms with E-state index >= 15 is 0 Å². The summed E-state index contributed by atoms with van der Waals surface area (Å²) in [5.41, 5.74) is 0.503. The second kappa shape index (κ2) is 7.67. The number of aromatic amines is 1. The minimum atomic E-state index is -0.824. The van der Waals surface area contributed by atoms with Crippen molar-refractivity contribution in [3.8, 4) is 0 Å². The quantitative estimate of drug-likeness (QED) is 0.419. The summed E-state index contributed by atoms with van der Waals surface area (Å²) in [7, 11) is 0. The molecule has 0 atom stereocenters. The van der Waals surface area contributed by atoms with Gasteiger partial charge in [-0.3, -0.25) is 9.59 Å². The largest absolute Gasteiger partial charge is 0.389 e. The van der Waals surface area contributed by atoms with Crippen LogP contribution in [-0.2, 0) is 5.54 Å². The molecule has 1 aliphatic rings. The number of carbonyl (C=O) groups excluding carboxylic acids is 1. The number of nitrogens with zero attached hydrogens (tertiary/aromatic N) is 2. The van der Waals surface area contributed by atoms with Crippen molar-refractivity contribution in [2.45, 2.75) is 25.5 Å². The number of fused-ring (bicyclic) bond motifs is 2. The van der Waals surface area contributed by atoms with Crippen LogP contribution < -0.4 is 15.6 Å². The number of β-amino-alcohol motifs (C(OH)–C–C–N with tert-alkyl or cyclic N) is 1. The van der Waals surface area contributed by atoms with Gasteiger partial charge in [0.15, 0.2) is 5.43 Å². The van der Waals surface area contributed by atoms with Gasteiger partial charge in [-0.2, -0.15) is 0 Å². The summed E-state index contributed by atoms with van der Waals surface area (Å²) >= 11 is 0. The van der Waals surface area contributed by atoms with Crippen molar-refractivity contribution in [1.29, 1.82) is 0 Å². The van der Waals surface area contributed by atoms with Crippen LogP contribution in [0.4, 0.5) is 10.2 Å². The number of amides is 1. The smallest absolute Gasteiger partial charge is 0.255 e. The van der Waals surface area contributed by atoms with E-state index in [4.69, 9.17) is 0 Å². The number of aliphatic hydroxyl groups excluding tert-OH is 1. The minimum absolute atomic E-state index is 0.152. The van der Waals surface area contributed by atoms with E-state index in [2.05, 4.69) is 15.3 Å². The van der Waals surface area contributed by atoms with E-state index in [0.29, 0.717) is 29.5 Å². The number of nitrogens with one attached hydrogen (secondary N) is 2. The molecule has 0 bridgehead atoms. The number of aliphatic hydroxyl groups is 1. The molecule has 4 aromatic rings. The van der Waals surface area contributed by atoms with Crippen molar-refractivity contribution in [2.75, 3.05) is 18.0 Å². The van der Waals surface area contributed by atoms with Gasteiger partial charge in [0.1, 0.15) is 11.6 Å². The van der Waals surface area contributed by atoms with Gasteiger partial charge in [0.2, 0.25) is 0 Å². The van der Waals surface area contributed by atoms with Crippen LogP contribution in [0.2, 0.25) is 0 Å². The van der Waals surface area contributed by atoms with Crippen LogP contribution in [0.5, 0.6) is 0 Å². The van der Waals surface area contributed by atoms with Gasteiger partial charge >= 0.3 is 0 Å². The second-order valence-electron chi connectivity index (χ2n) is 8.92. The molecule has 1 fully saturated rings. The topological polar surface area (TPSA) is 98.3 Å². The van der Waals surface area contributed by atoms with Gasteiger partial charge in [-0.05, 0) is 49.7 Å². The van der Waals surface area contributed by atoms with Crippen molar-refractivity contribution in [3.63, 3.8) is 0 Å². The molecule has 7 nitrogen and oxygen atoms in total. The number of benzene rings is 2. The summed E-state index contributed by atoms with van der Waals surface area (Å²) in [5, 5.41) is 13.0. The zero-order valence-corrected chi connectivity index (χ0v) is 18.2. The molecular weight excluding hydrogens is 423 g/mol. The predicted molar refractivity (Wildman–Crippen MR) is 125 cm³/mol. The molecule has 168 valence electrons. The lowest BCUT2D eigenvalue weighted by Gasteiger charge is -2.37. The number of hydrogen-bond donors (Lipinski definition) is 3. The molecule has 2 aromatic heterocycles. The fourth-order valence-electron chi connectivity index (χ4n) is 4.13. The fourth-order valence-corrected chi connectivity index (χ4v) is 4.13. The lowest BCUT2D eigenvalue weighted by Crippen LogP contribution is -2.51. The molecule has 0 aliphatic carbocycles. The molecule has 3 heterocycles. The number of pyridine rings is 2. The zero-order chi connectivity index (χ0) is 23.3. The standard InChI is InChI=1S/C25H23FN4O3/c1-25(2,14-7-8-22(27-11-14)30-12-15(31)13-30)29-24(33)17-10-21-18(9-19(17)26)23(32)16-5-3-4-6-20(16)28-21/h3-11,15,31H,12-13H2,1-2H3,(H,28,32)(H,29,33). The first kappa shape index (κ1) is 21.1. The Morgan fingerprint density at radius 1 is 1.15 bits per heavy atom. The van der Waals surface area contributed by atoms with E-state index in [0.717, 1.165) is 17.4 Å². The number of carbonyl (C=O) groups is 1. The van der Waals surface area contributed by atoms with Crippen LogP contribution in [0.3, 0.4) is 0 Å². The fraction of sp³-hybridized carbons (Fsp3) is 0.240. The first-order chi connectivity index (χ1) is 15.7. The highest BCUT2D eigenvalue weighted by molar-refractivity contribution is 6.00. The van der Waals surface area contributed by atoms with Crippen LogP contribution in [0, 0.1) is 5.82 Å². The minimum Gasteiger partial charge on any atom is -0.389 e. The van der Waals surface area contributed by atoms with Crippen LogP contribution in [0.1, 0.15) is 29.8 Å². The molecule has 1 saturated heterocycles. The molecule has 8 heteroatoms. The predicted octanol–water partition coefficient (Wildman–Crippen LogP) is 3.06. The molecule has 0 spiro atoms. The van der Waals surface area contributed by atoms with E-state index in [1.54, 1.807) is 30.5 Å². The van der Waals surface area contributed by atoms with E-state index in [1.807, 2.05) is 30.9 Å². The van der Waals surface area contributed by atoms with Gasteiger partial charge in [0.25, 0.3) is 5.91 Å². The Morgan fingerprint density at radius 2 is 1.91 bits per heavy atom. The summed E-state index contributed by atoms with van der Waals surface area (Å²) < 4.78 is 14.9. The molecule has 33 heavy (non-hydrogen) atoms. The summed E-state index contributed by atoms with van der Waals surface area (Å²) in [6.07, 6.45) is 1.34. The average molecular weight is 446 g/mol. The van der Waals surface area contributed by atoms with E-state index < -0.39 is 17.3 Å². The summed E-state index contributed by atoms with van der Waals surface area (Å²) in [6, 6.07) is 13.2. The van der Waals surface area contributed by atoms with Crippen molar-refractivity contribution < 1.29 is 14.3 Å². The van der Waals surface area contributed by atoms with Crippen molar-refractivity contribution in [1.82, 2.24) is 15.3 Å². The Labute approximate surface area is 188 Å². The van der Waals surface area contributed by atoms with Gasteiger partial charge in [-0.25, -0.2) is 9.37 Å². The molecule has 0 unspecified atom stereocenters. The monoisotopic (exact) mass is 446 g/mol. The molecule has 3 N–H and O–H groups in total. The average Bonchev–Trinajstić information content (AvgIpc) is 2.77. The first-order valence-corrected chi connectivity index (χ1v) is 10.7. The summed E-state index contributed by atoms with van der Waals surface area (Å²) in [4.78, 5) is 35.3. The third-order valence-electron chi connectivity index (χ3n) is 6.12. The Hall–Kier alpha value is -3.78. The maximum absolute atomic E-state index is 14.9. The van der Waals surface area contributed by atoms with Gasteiger partial charge < -0.3 is 20.3 Å². The van der Waals surface area contributed by atoms with E-state index in [-0.39, 0.29) is 22.5 Å². The number of halogens is 1. The van der Waals surface area contributed by atoms with Gasteiger partial charge in [0, 0.05) is 35.6 Å². The highest BCUT2D eigenvalue weighted by Crippen LogP contribution is 2.25. The first-order valence-electron chi connectivity index (χ1n) is 10.7. The molecule has 0 radical (unpaired) electrons. The Bertz CT molecular complexity index is 1440. The second-order valence-corrected chi connectivity index (χ2v) is 8.92. The highest BCUT2D eigenvalue weighted by atomic mass is 19.1. The highest BCUT2D eigenvalue weighted by Gasteiger charge is 2.28. The number of hydrogen-bond acceptors (Lipinski definition) is 5. The zero-order valence-electron chi connectivity index (χ0n) is 18.2. The van der Waals surface area contributed by atoms with E-state index in [1.165, 1.54) is 6.07 Å². The number of para-hydroxylation sites is 1. The van der Waals surface area contributed by atoms with E-state index in [9.17, 15) is 19.1 Å². The number of anilines is 1. The third-order valence-corrected chi connectivity index (χ3v) is 6.12. The molecule has 1 amide bonds. The summed E-state index contributed by atoms with van der Waals surface area (Å²) in [5.74, 6) is -0.604. The molecule has 5 rings (SSSR count). The normalized spacial score (nSPS) is 14.5. The Morgan fingerprint density at radius 3 is 2.61 bits per heavy atom. The number of H-pyrrole nitrogens is 1. The molecule has 2 aromatic carbocycles. The maximum Gasteiger partial charge on any atom is 0.255 e. The Balaban J connectivity index is 1.43. The molecular formula is C25H23FN4O3. The van der Waals surface area contributed by atoms with Gasteiger partial charge in [-0.15, -0.1) is 0 Å². The van der Waals surface area contributed by atoms with Gasteiger partial charge in [-0.1, -0.05) is 18.2 Å². The van der Waals surface area contributed by atoms with Crippen LogP contribution in [0.15, 0.2) is 59.5 Å². The van der Waals surface area contributed by atoms with Gasteiger partial charge in [0.05, 0.1) is 22.7 Å². The molecule has 0 saturated carbocycles. The number of aromatic nitrogens is 2. The SMILES string of the molecule is CC(C)(NC(=O)c1cc2[nH]c3ccccc3c(=O)c2cc1F)c1ccc(N2CC(O)C2)nc1. The van der Waals surface area contributed by atoms with Crippen LogP contribution in [0.25, 0.3) is 21.8 Å². The number of rotatable bonds is 4. The van der Waals surface area contributed by atoms with Crippen molar-refractivity contribution >= 4 is 33.5 Å². The Kier molecular flexibility index (Phi) is 4.90. The lowest BCUT2D eigenvalue weighted by atomic mass is 9.95. The van der Waals surface area contributed by atoms with Crippen LogP contribution in [-0.4, -0.2) is 40.2 Å². The maximum atomic E-state index is 14.9. The lowest BCUT2D eigenvalue weighted by molar-refractivity contribution is 0.0908. The molecule has 1 aliphatic heterocycles. The van der Waals surface area contributed by atoms with Crippen LogP contribution >= 0.6 is 0 Å².